The smallest absolute Gasteiger partial charge is 0.163 e. The highest BCUT2D eigenvalue weighted by Gasteiger charge is 2.07. The van der Waals surface area contributed by atoms with Gasteiger partial charge in [0.15, 0.2) is 5.65 Å². The minimum absolute atomic E-state index is 0.869. The Morgan fingerprint density at radius 2 is 2.12 bits per heavy atom. The Morgan fingerprint density at radius 3 is 2.94 bits per heavy atom. The van der Waals surface area contributed by atoms with E-state index < -0.39 is 0 Å². The van der Waals surface area contributed by atoms with Crippen molar-refractivity contribution in [3.05, 3.63) is 48.7 Å². The molecule has 0 bridgehead atoms. The number of pyridine rings is 1. The number of hydrogen-bond donors (Lipinski definition) is 0. The second-order valence-corrected chi connectivity index (χ2v) is 3.64. The van der Waals surface area contributed by atoms with E-state index in [0.717, 1.165) is 22.5 Å². The largest absolute Gasteiger partial charge is 0.264 e. The van der Waals surface area contributed by atoms with Crippen molar-refractivity contribution in [2.75, 3.05) is 0 Å². The number of aryl methyl sites for hydroxylation is 1. The Labute approximate surface area is 92.6 Å². The van der Waals surface area contributed by atoms with Crippen molar-refractivity contribution in [2.45, 2.75) is 6.92 Å². The molecule has 4 nitrogen and oxygen atoms in total. The molecule has 4 heteroatoms. The van der Waals surface area contributed by atoms with Gasteiger partial charge in [-0.2, -0.15) is 5.10 Å². The second-order valence-electron chi connectivity index (χ2n) is 3.64. The molecule has 0 unspecified atom stereocenters. The second kappa shape index (κ2) is 3.41. The molecule has 0 N–H and O–H groups in total. The maximum absolute atomic E-state index is 4.48. The van der Waals surface area contributed by atoms with Gasteiger partial charge in [-0.05, 0) is 19.1 Å². The summed E-state index contributed by atoms with van der Waals surface area (Å²) in [5.74, 6) is 0. The molecule has 0 radical (unpaired) electrons. The first-order chi connectivity index (χ1) is 7.84. The predicted molar refractivity (Wildman–Crippen MR) is 61.0 cm³/mol. The van der Waals surface area contributed by atoms with Crippen LogP contribution in [0.1, 0.15) is 5.69 Å². The third-order valence-corrected chi connectivity index (χ3v) is 2.48. The van der Waals surface area contributed by atoms with E-state index >= 15 is 0 Å². The lowest BCUT2D eigenvalue weighted by Crippen LogP contribution is -1.91. The molecule has 78 valence electrons. The lowest BCUT2D eigenvalue weighted by Gasteiger charge is -1.98. The summed E-state index contributed by atoms with van der Waals surface area (Å²) in [6.07, 6.45) is 7.31. The Morgan fingerprint density at radius 1 is 1.19 bits per heavy atom. The maximum Gasteiger partial charge on any atom is 0.163 e. The van der Waals surface area contributed by atoms with Crippen molar-refractivity contribution < 1.29 is 0 Å². The van der Waals surface area contributed by atoms with Crippen molar-refractivity contribution in [1.82, 2.24) is 19.6 Å². The molecule has 0 atom stereocenters. The summed E-state index contributed by atoms with van der Waals surface area (Å²) in [4.78, 5) is 8.59. The lowest BCUT2D eigenvalue weighted by atomic mass is 10.1. The zero-order valence-corrected chi connectivity index (χ0v) is 8.83. The Hall–Kier alpha value is -2.23. The van der Waals surface area contributed by atoms with Crippen molar-refractivity contribution in [3.63, 3.8) is 0 Å². The van der Waals surface area contributed by atoms with Gasteiger partial charge >= 0.3 is 0 Å². The summed E-state index contributed by atoms with van der Waals surface area (Å²) >= 11 is 0. The molecule has 0 aliphatic rings. The highest BCUT2D eigenvalue weighted by Crippen LogP contribution is 2.21. The topological polar surface area (TPSA) is 43.1 Å². The minimum Gasteiger partial charge on any atom is -0.264 e. The molecule has 0 aliphatic heterocycles. The normalized spacial score (nSPS) is 10.8. The van der Waals surface area contributed by atoms with Crippen LogP contribution < -0.4 is 0 Å². The Bertz CT molecular complexity index is 628. The van der Waals surface area contributed by atoms with E-state index in [1.165, 1.54) is 0 Å². The van der Waals surface area contributed by atoms with Gasteiger partial charge in [0.1, 0.15) is 0 Å². The summed E-state index contributed by atoms with van der Waals surface area (Å²) in [7, 11) is 0. The molecule has 0 amide bonds. The number of hydrogen-bond acceptors (Lipinski definition) is 3. The minimum atomic E-state index is 0.869. The van der Waals surface area contributed by atoms with E-state index in [9.17, 15) is 0 Å². The molecule has 16 heavy (non-hydrogen) atoms. The van der Waals surface area contributed by atoms with Crippen LogP contribution in [-0.2, 0) is 0 Å². The molecular weight excluding hydrogens is 200 g/mol. The van der Waals surface area contributed by atoms with E-state index in [-0.39, 0.29) is 0 Å². The standard InChI is InChI=1S/C12H10N4/c1-9-4-6-16-12(15-9)11(8-14-16)10-3-2-5-13-7-10/h2-8H,1H3. The van der Waals surface area contributed by atoms with E-state index in [1.807, 2.05) is 43.7 Å². The first kappa shape index (κ1) is 9.03. The summed E-state index contributed by atoms with van der Waals surface area (Å²) in [5.41, 5.74) is 3.90. The van der Waals surface area contributed by atoms with Gasteiger partial charge in [-0.3, -0.25) is 4.98 Å². The molecule has 3 heterocycles. The summed E-state index contributed by atoms with van der Waals surface area (Å²) < 4.78 is 1.77. The van der Waals surface area contributed by atoms with Gasteiger partial charge in [0, 0.05) is 35.4 Å². The first-order valence-electron chi connectivity index (χ1n) is 5.06. The van der Waals surface area contributed by atoms with Gasteiger partial charge in [0.25, 0.3) is 0 Å². The molecule has 0 saturated carbocycles. The first-order valence-corrected chi connectivity index (χ1v) is 5.06. The monoisotopic (exact) mass is 210 g/mol. The Balaban J connectivity index is 2.29. The number of fused-ring (bicyclic) bond motifs is 1. The maximum atomic E-state index is 4.48. The van der Waals surface area contributed by atoms with Gasteiger partial charge in [-0.25, -0.2) is 9.50 Å². The fourth-order valence-electron chi connectivity index (χ4n) is 1.68. The number of rotatable bonds is 1. The summed E-state index contributed by atoms with van der Waals surface area (Å²) in [5, 5.41) is 4.26. The number of aromatic nitrogens is 4. The van der Waals surface area contributed by atoms with Crippen LogP contribution in [0.4, 0.5) is 0 Å². The van der Waals surface area contributed by atoms with Crippen LogP contribution in [0.3, 0.4) is 0 Å². The van der Waals surface area contributed by atoms with Crippen molar-refractivity contribution in [2.24, 2.45) is 0 Å². The molecule has 3 aromatic rings. The average Bonchev–Trinajstić information content (AvgIpc) is 2.73. The van der Waals surface area contributed by atoms with Gasteiger partial charge < -0.3 is 0 Å². The molecule has 0 fully saturated rings. The zero-order valence-electron chi connectivity index (χ0n) is 8.83. The van der Waals surface area contributed by atoms with Crippen LogP contribution in [0.5, 0.6) is 0 Å². The molecule has 0 aromatic carbocycles. The van der Waals surface area contributed by atoms with E-state index in [0.29, 0.717) is 0 Å². The van der Waals surface area contributed by atoms with Crippen LogP contribution in [0.15, 0.2) is 43.0 Å². The molecule has 0 aliphatic carbocycles. The van der Waals surface area contributed by atoms with Crippen LogP contribution in [0, 0.1) is 6.92 Å². The average molecular weight is 210 g/mol. The van der Waals surface area contributed by atoms with Gasteiger partial charge in [0.05, 0.1) is 6.20 Å². The van der Waals surface area contributed by atoms with Crippen LogP contribution in [0.25, 0.3) is 16.8 Å². The molecule has 0 spiro atoms. The van der Waals surface area contributed by atoms with Gasteiger partial charge in [-0.15, -0.1) is 0 Å². The van der Waals surface area contributed by atoms with Gasteiger partial charge in [-0.1, -0.05) is 6.07 Å². The van der Waals surface area contributed by atoms with E-state index in [1.54, 1.807) is 10.7 Å². The van der Waals surface area contributed by atoms with Crippen LogP contribution in [0.2, 0.25) is 0 Å². The predicted octanol–water partition coefficient (Wildman–Crippen LogP) is 2.10. The van der Waals surface area contributed by atoms with E-state index in [4.69, 9.17) is 0 Å². The number of nitrogens with zero attached hydrogens (tertiary/aromatic N) is 4. The quantitative estimate of drug-likeness (QED) is 0.617. The van der Waals surface area contributed by atoms with E-state index in [2.05, 4.69) is 15.1 Å². The van der Waals surface area contributed by atoms with Crippen molar-refractivity contribution >= 4 is 5.65 Å². The highest BCUT2D eigenvalue weighted by atomic mass is 15.2. The summed E-state index contributed by atoms with van der Waals surface area (Å²) in [6.45, 7) is 1.97. The van der Waals surface area contributed by atoms with Crippen molar-refractivity contribution in [1.29, 1.82) is 0 Å². The van der Waals surface area contributed by atoms with Gasteiger partial charge in [0.2, 0.25) is 0 Å². The van der Waals surface area contributed by atoms with Crippen LogP contribution in [-0.4, -0.2) is 19.6 Å². The molecule has 3 rings (SSSR count). The summed E-state index contributed by atoms with van der Waals surface area (Å²) in [6, 6.07) is 5.86. The fourth-order valence-corrected chi connectivity index (χ4v) is 1.68. The molecular formula is C12H10N4. The van der Waals surface area contributed by atoms with Crippen LogP contribution >= 0.6 is 0 Å². The third kappa shape index (κ3) is 1.35. The van der Waals surface area contributed by atoms with Crippen molar-refractivity contribution in [3.8, 4) is 11.1 Å². The SMILES string of the molecule is Cc1ccn2ncc(-c3cccnc3)c2n1. The highest BCUT2D eigenvalue weighted by molar-refractivity contribution is 5.76. The Kier molecular flexibility index (Phi) is 1.93. The third-order valence-electron chi connectivity index (χ3n) is 2.48. The molecule has 3 aromatic heterocycles. The lowest BCUT2D eigenvalue weighted by molar-refractivity contribution is 0.929. The zero-order chi connectivity index (χ0) is 11.0. The molecule has 0 saturated heterocycles. The fraction of sp³-hybridized carbons (Fsp3) is 0.0833.